The molecule has 3 rings (SSSR count). The molecule has 6 nitrogen and oxygen atoms in total. The van der Waals surface area contributed by atoms with E-state index in [1.165, 1.54) is 0 Å². The first-order chi connectivity index (χ1) is 11.1. The van der Waals surface area contributed by atoms with Crippen LogP contribution >= 0.6 is 0 Å². The number of aliphatic hydroxyl groups is 1. The summed E-state index contributed by atoms with van der Waals surface area (Å²) in [5, 5.41) is 9.31. The zero-order valence-corrected chi connectivity index (χ0v) is 14.5. The Labute approximate surface area is 137 Å². The largest absolute Gasteiger partial charge is 0.487 e. The molecule has 0 radical (unpaired) electrons. The number of rotatable bonds is 5. The molecule has 1 aliphatic heterocycles. The van der Waals surface area contributed by atoms with Gasteiger partial charge in [0.05, 0.1) is 17.6 Å². The number of hydrogen-bond acceptors (Lipinski definition) is 5. The van der Waals surface area contributed by atoms with Crippen LogP contribution in [0.25, 0.3) is 11.0 Å². The van der Waals surface area contributed by atoms with E-state index < -0.39 is 0 Å². The van der Waals surface area contributed by atoms with Gasteiger partial charge in [0.2, 0.25) is 5.95 Å². The van der Waals surface area contributed by atoms with Gasteiger partial charge in [-0.05, 0) is 39.2 Å². The average molecular weight is 320 g/mol. The van der Waals surface area contributed by atoms with Crippen molar-refractivity contribution in [3.05, 3.63) is 17.7 Å². The molecule has 0 amide bonds. The predicted octanol–water partition coefficient (Wildman–Crippen LogP) is 1.89. The van der Waals surface area contributed by atoms with Crippen LogP contribution in [0.2, 0.25) is 0 Å². The number of aliphatic hydroxyl groups excluding tert-OH is 1. The maximum atomic E-state index is 9.31. The van der Waals surface area contributed by atoms with Crippen molar-refractivity contribution in [1.29, 1.82) is 0 Å². The fourth-order valence-electron chi connectivity index (χ4n) is 2.92. The van der Waals surface area contributed by atoms with Gasteiger partial charge >= 0.3 is 0 Å². The van der Waals surface area contributed by atoms with E-state index in [4.69, 9.17) is 10.5 Å². The smallest absolute Gasteiger partial charge is 0.201 e. The number of benzene rings is 1. The summed E-state index contributed by atoms with van der Waals surface area (Å²) in [6, 6.07) is 3.86. The minimum atomic E-state index is -0.156. The molecule has 6 heteroatoms. The molecule has 2 heterocycles. The van der Waals surface area contributed by atoms with E-state index in [1.54, 1.807) is 0 Å². The highest BCUT2D eigenvalue weighted by molar-refractivity contribution is 5.84. The lowest BCUT2D eigenvalue weighted by atomic mass is 10.1. The molecular weight excluding hydrogens is 292 g/mol. The third-order valence-corrected chi connectivity index (χ3v) is 3.92. The third-order valence-electron chi connectivity index (χ3n) is 3.92. The number of anilines is 1. The molecule has 1 aromatic heterocycles. The van der Waals surface area contributed by atoms with Gasteiger partial charge in [-0.15, -0.1) is 0 Å². The zero-order chi connectivity index (χ0) is 17.0. The van der Waals surface area contributed by atoms with E-state index in [1.807, 2.05) is 26.0 Å². The number of hydrogen-bond donors (Lipinski definition) is 2. The van der Waals surface area contributed by atoms with E-state index in [0.29, 0.717) is 12.4 Å². The molecule has 128 valence electrons. The summed E-state index contributed by atoms with van der Waals surface area (Å²) in [7, 11) is 4.12. The number of aromatic nitrogens is 2. The Kier molecular flexibility index (Phi) is 5.85. The third kappa shape index (κ3) is 3.59. The van der Waals surface area contributed by atoms with Gasteiger partial charge < -0.3 is 25.0 Å². The van der Waals surface area contributed by atoms with Crippen LogP contribution in [-0.2, 0) is 13.0 Å². The summed E-state index contributed by atoms with van der Waals surface area (Å²) in [6.07, 6.45) is 1.57. The highest BCUT2D eigenvalue weighted by Crippen LogP contribution is 2.36. The van der Waals surface area contributed by atoms with Crippen molar-refractivity contribution >= 4 is 17.0 Å². The van der Waals surface area contributed by atoms with Crippen molar-refractivity contribution in [3.8, 4) is 5.75 Å². The number of nitrogens with zero attached hydrogens (tertiary/aromatic N) is 3. The first kappa shape index (κ1) is 17.6. The molecule has 1 atom stereocenters. The monoisotopic (exact) mass is 320 g/mol. The van der Waals surface area contributed by atoms with Crippen LogP contribution in [0.4, 0.5) is 5.95 Å². The topological polar surface area (TPSA) is 76.5 Å². The van der Waals surface area contributed by atoms with Crippen molar-refractivity contribution in [2.45, 2.75) is 39.3 Å². The summed E-state index contributed by atoms with van der Waals surface area (Å²) in [6.45, 7) is 5.87. The van der Waals surface area contributed by atoms with E-state index in [9.17, 15) is 5.11 Å². The van der Waals surface area contributed by atoms with Gasteiger partial charge in [0, 0.05) is 18.5 Å². The maximum absolute atomic E-state index is 9.31. The molecule has 0 saturated carbocycles. The quantitative estimate of drug-likeness (QED) is 0.880. The van der Waals surface area contributed by atoms with Gasteiger partial charge in [-0.1, -0.05) is 13.8 Å². The number of nitrogen functional groups attached to an aromatic ring is 1. The van der Waals surface area contributed by atoms with Gasteiger partial charge in [0.1, 0.15) is 11.9 Å². The van der Waals surface area contributed by atoms with E-state index in [2.05, 4.69) is 28.5 Å². The van der Waals surface area contributed by atoms with Crippen molar-refractivity contribution in [2.24, 2.45) is 0 Å². The minimum absolute atomic E-state index is 0.0282. The van der Waals surface area contributed by atoms with Crippen LogP contribution in [0.5, 0.6) is 5.75 Å². The molecule has 1 aliphatic rings. The fraction of sp³-hybridized carbons (Fsp3) is 0.588. The Morgan fingerprint density at radius 3 is 2.78 bits per heavy atom. The molecule has 2 aromatic rings. The lowest BCUT2D eigenvalue weighted by Gasteiger charge is -2.12. The number of fused-ring (bicyclic) bond motifs is 3. The summed E-state index contributed by atoms with van der Waals surface area (Å²) in [4.78, 5) is 6.61. The zero-order valence-electron chi connectivity index (χ0n) is 14.5. The van der Waals surface area contributed by atoms with Crippen LogP contribution < -0.4 is 10.5 Å². The van der Waals surface area contributed by atoms with Gasteiger partial charge in [0.15, 0.2) is 0 Å². The number of imidazole rings is 1. The van der Waals surface area contributed by atoms with Crippen LogP contribution in [-0.4, -0.2) is 52.9 Å². The fourth-order valence-corrected chi connectivity index (χ4v) is 2.92. The lowest BCUT2D eigenvalue weighted by molar-refractivity contribution is 0.134. The second-order valence-electron chi connectivity index (χ2n) is 5.82. The number of nitrogens with two attached hydrogens (primary N) is 1. The number of aryl methyl sites for hydroxylation is 1. The first-order valence-corrected chi connectivity index (χ1v) is 8.30. The molecule has 23 heavy (non-hydrogen) atoms. The minimum Gasteiger partial charge on any atom is -0.487 e. The van der Waals surface area contributed by atoms with Crippen LogP contribution in [0.3, 0.4) is 0 Å². The highest BCUT2D eigenvalue weighted by atomic mass is 16.5. The Hall–Kier alpha value is -1.79. The average Bonchev–Trinajstić information content (AvgIpc) is 3.09. The molecule has 0 aliphatic carbocycles. The van der Waals surface area contributed by atoms with Crippen molar-refractivity contribution < 1.29 is 9.84 Å². The van der Waals surface area contributed by atoms with Crippen LogP contribution in [0.15, 0.2) is 12.1 Å². The standard InChI is InChI=1S/C15H22N4O2.C2H6/c1-18(2)6-3-7-19-14-11-8-10(9-20)21-13(11)5-4-12(14)17-15(19)16;1-2/h4-5,10,20H,3,6-9H2,1-2H3,(H2,16,17);1-2H3. The van der Waals surface area contributed by atoms with Crippen LogP contribution in [0, 0.1) is 0 Å². The molecular formula is C17H28N4O2. The Balaban J connectivity index is 0.000000924. The van der Waals surface area contributed by atoms with E-state index in [0.717, 1.165) is 41.9 Å². The van der Waals surface area contributed by atoms with Gasteiger partial charge in [-0.3, -0.25) is 0 Å². The molecule has 1 unspecified atom stereocenters. The SMILES string of the molecule is CC.CN(C)CCCn1c(N)nc2ccc3c(c21)CC(CO)O3. The highest BCUT2D eigenvalue weighted by Gasteiger charge is 2.26. The van der Waals surface area contributed by atoms with Gasteiger partial charge in [0.25, 0.3) is 0 Å². The Morgan fingerprint density at radius 1 is 1.39 bits per heavy atom. The molecule has 0 bridgehead atoms. The molecule has 3 N–H and O–H groups in total. The van der Waals surface area contributed by atoms with Crippen molar-refractivity contribution in [3.63, 3.8) is 0 Å². The van der Waals surface area contributed by atoms with E-state index in [-0.39, 0.29) is 12.7 Å². The van der Waals surface area contributed by atoms with Crippen LogP contribution in [0.1, 0.15) is 25.8 Å². The van der Waals surface area contributed by atoms with Gasteiger partial charge in [-0.25, -0.2) is 4.98 Å². The molecule has 0 fully saturated rings. The summed E-state index contributed by atoms with van der Waals surface area (Å²) in [5.74, 6) is 1.39. The summed E-state index contributed by atoms with van der Waals surface area (Å²) >= 11 is 0. The molecule has 1 aromatic carbocycles. The van der Waals surface area contributed by atoms with Crippen molar-refractivity contribution in [2.75, 3.05) is 33.0 Å². The number of ether oxygens (including phenoxy) is 1. The Morgan fingerprint density at radius 2 is 2.13 bits per heavy atom. The maximum Gasteiger partial charge on any atom is 0.201 e. The summed E-state index contributed by atoms with van der Waals surface area (Å²) in [5.41, 5.74) is 9.15. The van der Waals surface area contributed by atoms with E-state index >= 15 is 0 Å². The Bertz CT molecular complexity index is 652. The normalized spacial score (nSPS) is 16.2. The second kappa shape index (κ2) is 7.66. The molecule has 0 saturated heterocycles. The second-order valence-corrected chi connectivity index (χ2v) is 5.82. The van der Waals surface area contributed by atoms with Gasteiger partial charge in [-0.2, -0.15) is 0 Å². The van der Waals surface area contributed by atoms with Crippen molar-refractivity contribution in [1.82, 2.24) is 14.5 Å². The first-order valence-electron chi connectivity index (χ1n) is 8.30. The molecule has 0 spiro atoms. The summed E-state index contributed by atoms with van der Waals surface area (Å²) < 4.78 is 7.80. The lowest BCUT2D eigenvalue weighted by Crippen LogP contribution is -2.17. The predicted molar refractivity (Wildman–Crippen MR) is 93.9 cm³/mol.